The lowest BCUT2D eigenvalue weighted by Gasteiger charge is -2.42. The van der Waals surface area contributed by atoms with Gasteiger partial charge in [-0.05, 0) is 15.4 Å². The SMILES string of the molecule is COC(=O)C/C=C/[C@H](C)[C@H](O)c1coc(-c2coc(-c3coc(CO[Si](c4ccccc4)(c4ccccc4)C(C)(C)C)n3)n2)n1. The van der Waals surface area contributed by atoms with Gasteiger partial charge < -0.3 is 27.5 Å². The quantitative estimate of drug-likeness (QED) is 0.102. The lowest BCUT2D eigenvalue weighted by Crippen LogP contribution is -2.66. The standard InChI is InChI=1S/C34H37N3O7Si/c1-23(13-12-18-30(38)40-5)31(39)26-19-42-33(36-26)28-21-43-32(37-28)27-20-41-29(35-27)22-44-45(34(2,3)4,24-14-8-6-9-15-24)25-16-10-7-11-17-25/h6-17,19-21,23,31,39H,18,22H2,1-5H3/b13-12+/t23-,31-/m0/s1. The predicted octanol–water partition coefficient (Wildman–Crippen LogP) is 5.85. The molecular weight excluding hydrogens is 590 g/mol. The molecule has 0 aliphatic rings. The van der Waals surface area contributed by atoms with Crippen LogP contribution in [0.2, 0.25) is 5.04 Å². The Labute approximate surface area is 262 Å². The van der Waals surface area contributed by atoms with E-state index in [0.717, 1.165) is 10.4 Å². The van der Waals surface area contributed by atoms with Crippen molar-refractivity contribution in [2.75, 3.05) is 7.11 Å². The summed E-state index contributed by atoms with van der Waals surface area (Å²) < 4.78 is 28.6. The van der Waals surface area contributed by atoms with Crippen LogP contribution in [-0.2, 0) is 20.6 Å². The third-order valence-corrected chi connectivity index (χ3v) is 12.6. The van der Waals surface area contributed by atoms with Gasteiger partial charge in [0.15, 0.2) is 11.4 Å². The van der Waals surface area contributed by atoms with Gasteiger partial charge in [0.1, 0.15) is 37.2 Å². The average molecular weight is 628 g/mol. The number of aliphatic hydroxyl groups excluding tert-OH is 1. The van der Waals surface area contributed by atoms with Gasteiger partial charge in [0, 0.05) is 5.92 Å². The highest BCUT2D eigenvalue weighted by Crippen LogP contribution is 2.37. The van der Waals surface area contributed by atoms with E-state index >= 15 is 0 Å². The zero-order valence-corrected chi connectivity index (χ0v) is 27.0. The van der Waals surface area contributed by atoms with Gasteiger partial charge in [-0.2, -0.15) is 0 Å². The number of aliphatic hydroxyl groups is 1. The molecule has 5 rings (SSSR count). The van der Waals surface area contributed by atoms with Gasteiger partial charge >= 0.3 is 5.97 Å². The van der Waals surface area contributed by atoms with Crippen LogP contribution in [0.1, 0.15) is 51.8 Å². The van der Waals surface area contributed by atoms with E-state index in [1.807, 2.05) is 36.4 Å². The zero-order chi connectivity index (χ0) is 32.0. The maximum absolute atomic E-state index is 11.3. The van der Waals surface area contributed by atoms with Crippen molar-refractivity contribution in [3.8, 4) is 23.2 Å². The number of methoxy groups -OCH3 is 1. The average Bonchev–Trinajstić information content (AvgIpc) is 3.82. The second-order valence-corrected chi connectivity index (χ2v) is 16.0. The molecule has 0 spiro atoms. The van der Waals surface area contributed by atoms with Crippen molar-refractivity contribution in [1.82, 2.24) is 15.0 Å². The topological polar surface area (TPSA) is 134 Å². The van der Waals surface area contributed by atoms with E-state index in [0.29, 0.717) is 23.0 Å². The van der Waals surface area contributed by atoms with E-state index in [4.69, 9.17) is 17.7 Å². The van der Waals surface area contributed by atoms with Crippen LogP contribution in [0.4, 0.5) is 0 Å². The summed E-state index contributed by atoms with van der Waals surface area (Å²) in [5.41, 5.74) is 1.07. The van der Waals surface area contributed by atoms with Crippen molar-refractivity contribution < 1.29 is 32.3 Å². The van der Waals surface area contributed by atoms with Crippen LogP contribution in [0.5, 0.6) is 0 Å². The summed E-state index contributed by atoms with van der Waals surface area (Å²) in [6.07, 6.45) is 6.80. The van der Waals surface area contributed by atoms with Crippen LogP contribution < -0.4 is 10.4 Å². The molecule has 3 heterocycles. The highest BCUT2D eigenvalue weighted by atomic mass is 28.4. The molecule has 0 bridgehead atoms. The second kappa shape index (κ2) is 13.6. The number of rotatable bonds is 12. The Morgan fingerprint density at radius 1 is 0.889 bits per heavy atom. The summed E-state index contributed by atoms with van der Waals surface area (Å²) in [5, 5.41) is 12.8. The highest BCUT2D eigenvalue weighted by Gasteiger charge is 2.50. The van der Waals surface area contributed by atoms with Gasteiger partial charge in [-0.1, -0.05) is 101 Å². The van der Waals surface area contributed by atoms with Crippen molar-refractivity contribution in [3.63, 3.8) is 0 Å². The summed E-state index contributed by atoms with van der Waals surface area (Å²) in [6.45, 7) is 8.60. The molecular formula is C34H37N3O7Si. The first-order valence-electron chi connectivity index (χ1n) is 14.6. The van der Waals surface area contributed by atoms with Gasteiger partial charge in [0.2, 0.25) is 17.7 Å². The van der Waals surface area contributed by atoms with Gasteiger partial charge in [0.25, 0.3) is 8.32 Å². The molecule has 0 radical (unpaired) electrons. The van der Waals surface area contributed by atoms with E-state index in [-0.39, 0.29) is 41.7 Å². The minimum absolute atomic E-state index is 0.120. The summed E-state index contributed by atoms with van der Waals surface area (Å²) in [6, 6.07) is 20.7. The van der Waals surface area contributed by atoms with E-state index < -0.39 is 14.4 Å². The number of hydrogen-bond donors (Lipinski definition) is 1. The molecule has 0 unspecified atom stereocenters. The molecule has 0 aliphatic heterocycles. The Hall–Kier alpha value is -4.58. The molecule has 10 nitrogen and oxygen atoms in total. The Bertz CT molecular complexity index is 1680. The van der Waals surface area contributed by atoms with Gasteiger partial charge in [0.05, 0.1) is 13.5 Å². The van der Waals surface area contributed by atoms with Crippen LogP contribution in [0, 0.1) is 5.92 Å². The third kappa shape index (κ3) is 6.90. The smallest absolute Gasteiger partial charge is 0.309 e. The van der Waals surface area contributed by atoms with Gasteiger partial charge in [-0.3, -0.25) is 4.79 Å². The molecule has 1 N–H and O–H groups in total. The number of esters is 1. The molecule has 3 aromatic heterocycles. The number of carbonyl (C=O) groups is 1. The van der Waals surface area contributed by atoms with Crippen molar-refractivity contribution in [2.24, 2.45) is 5.92 Å². The van der Waals surface area contributed by atoms with Gasteiger partial charge in [-0.25, -0.2) is 15.0 Å². The minimum Gasteiger partial charge on any atom is -0.469 e. The largest absolute Gasteiger partial charge is 0.469 e. The van der Waals surface area contributed by atoms with Crippen LogP contribution in [0.15, 0.2) is 105 Å². The number of oxazole rings is 3. The fraction of sp³-hybridized carbons (Fsp3) is 0.294. The molecule has 45 heavy (non-hydrogen) atoms. The fourth-order valence-corrected chi connectivity index (χ4v) is 9.77. The lowest BCUT2D eigenvalue weighted by molar-refractivity contribution is -0.139. The minimum atomic E-state index is -2.78. The molecule has 2 atom stereocenters. The Morgan fingerprint density at radius 2 is 1.47 bits per heavy atom. The predicted molar refractivity (Wildman–Crippen MR) is 170 cm³/mol. The van der Waals surface area contributed by atoms with Crippen molar-refractivity contribution >= 4 is 24.7 Å². The monoisotopic (exact) mass is 627 g/mol. The molecule has 2 aromatic carbocycles. The van der Waals surface area contributed by atoms with E-state index in [1.165, 1.54) is 25.9 Å². The summed E-state index contributed by atoms with van der Waals surface area (Å²) in [5.74, 6) is 0.131. The lowest BCUT2D eigenvalue weighted by atomic mass is 10.0. The van der Waals surface area contributed by atoms with Crippen LogP contribution in [0.3, 0.4) is 0 Å². The first-order chi connectivity index (χ1) is 21.6. The Kier molecular flexibility index (Phi) is 9.62. The molecule has 11 heteroatoms. The number of ether oxygens (including phenoxy) is 1. The second-order valence-electron chi connectivity index (χ2n) is 11.7. The van der Waals surface area contributed by atoms with E-state index in [2.05, 4.69) is 64.7 Å². The summed E-state index contributed by atoms with van der Waals surface area (Å²) >= 11 is 0. The van der Waals surface area contributed by atoms with Crippen molar-refractivity contribution in [1.29, 1.82) is 0 Å². The van der Waals surface area contributed by atoms with E-state index in [1.54, 1.807) is 19.1 Å². The van der Waals surface area contributed by atoms with Crippen LogP contribution >= 0.6 is 0 Å². The summed E-state index contributed by atoms with van der Waals surface area (Å²) in [4.78, 5) is 24.8. The van der Waals surface area contributed by atoms with Gasteiger partial charge in [-0.15, -0.1) is 0 Å². The fourth-order valence-electron chi connectivity index (χ4n) is 5.27. The zero-order valence-electron chi connectivity index (χ0n) is 26.0. The van der Waals surface area contributed by atoms with Crippen LogP contribution in [0.25, 0.3) is 23.2 Å². The normalized spacial score (nSPS) is 13.6. The molecule has 0 saturated carbocycles. The number of benzene rings is 2. The Balaban J connectivity index is 1.31. The number of carbonyl (C=O) groups excluding carboxylic acids is 1. The maximum atomic E-state index is 11.3. The maximum Gasteiger partial charge on any atom is 0.309 e. The number of hydrogen-bond acceptors (Lipinski definition) is 10. The number of nitrogens with zero attached hydrogens (tertiary/aromatic N) is 3. The van der Waals surface area contributed by atoms with Crippen LogP contribution in [-0.4, -0.2) is 41.5 Å². The third-order valence-electron chi connectivity index (χ3n) is 7.60. The van der Waals surface area contributed by atoms with Crippen molar-refractivity contribution in [2.45, 2.75) is 51.9 Å². The molecule has 5 aromatic rings. The molecule has 0 aliphatic carbocycles. The molecule has 0 amide bonds. The first-order valence-corrected chi connectivity index (χ1v) is 16.6. The Morgan fingerprint density at radius 3 is 2.09 bits per heavy atom. The highest BCUT2D eigenvalue weighted by molar-refractivity contribution is 6.99. The number of aromatic nitrogens is 3. The van der Waals surface area contributed by atoms with Crippen molar-refractivity contribution in [3.05, 3.63) is 103 Å². The summed E-state index contributed by atoms with van der Waals surface area (Å²) in [7, 11) is -1.45. The molecule has 0 saturated heterocycles. The van der Waals surface area contributed by atoms with E-state index in [9.17, 15) is 9.90 Å². The first kappa shape index (κ1) is 31.8. The molecule has 0 fully saturated rings. The molecule has 234 valence electrons.